The number of ether oxygens (including phenoxy) is 3. The topological polar surface area (TPSA) is 89.1 Å². The van der Waals surface area contributed by atoms with Crippen LogP contribution in [0.4, 0.5) is 10.5 Å². The summed E-state index contributed by atoms with van der Waals surface area (Å²) in [4.78, 5) is 26.5. The Morgan fingerprint density at radius 3 is 2.35 bits per heavy atom. The van der Waals surface area contributed by atoms with E-state index >= 15 is 0 Å². The minimum atomic E-state index is -0.521. The van der Waals surface area contributed by atoms with Crippen LogP contribution in [0.3, 0.4) is 0 Å². The van der Waals surface area contributed by atoms with E-state index in [0.29, 0.717) is 37.6 Å². The first kappa shape index (κ1) is 22.6. The molecule has 1 unspecified atom stereocenters. The van der Waals surface area contributed by atoms with Crippen molar-refractivity contribution >= 4 is 17.7 Å². The van der Waals surface area contributed by atoms with Gasteiger partial charge in [0.15, 0.2) is 0 Å². The van der Waals surface area contributed by atoms with Crippen LogP contribution in [-0.4, -0.2) is 63.5 Å². The van der Waals surface area contributed by atoms with E-state index in [1.807, 2.05) is 24.3 Å². The molecule has 0 bridgehead atoms. The van der Waals surface area contributed by atoms with Crippen LogP contribution in [0.5, 0.6) is 5.75 Å². The van der Waals surface area contributed by atoms with Crippen molar-refractivity contribution in [1.29, 1.82) is 0 Å². The fourth-order valence-electron chi connectivity index (χ4n) is 3.45. The summed E-state index contributed by atoms with van der Waals surface area (Å²) in [6, 6.07) is 14.6. The van der Waals surface area contributed by atoms with E-state index in [-0.39, 0.29) is 11.9 Å². The summed E-state index contributed by atoms with van der Waals surface area (Å²) in [5.41, 5.74) is 2.20. The number of benzene rings is 2. The summed E-state index contributed by atoms with van der Waals surface area (Å²) in [6.07, 6.45) is -0.521. The number of carbonyl (C=O) groups is 2. The van der Waals surface area contributed by atoms with E-state index in [1.54, 1.807) is 38.3 Å². The Hall–Kier alpha value is -3.10. The van der Waals surface area contributed by atoms with Gasteiger partial charge in [-0.15, -0.1) is 0 Å². The molecule has 1 atom stereocenters. The first-order valence-electron chi connectivity index (χ1n) is 10.4. The van der Waals surface area contributed by atoms with Crippen molar-refractivity contribution < 1.29 is 23.8 Å². The molecule has 1 aliphatic heterocycles. The number of nitrogens with one attached hydrogen (secondary N) is 2. The Labute approximate surface area is 182 Å². The average Bonchev–Trinajstić information content (AvgIpc) is 2.81. The van der Waals surface area contributed by atoms with Crippen LogP contribution < -0.4 is 15.4 Å². The van der Waals surface area contributed by atoms with Gasteiger partial charge >= 0.3 is 6.09 Å². The Kier molecular flexibility index (Phi) is 8.26. The van der Waals surface area contributed by atoms with Gasteiger partial charge in [-0.25, -0.2) is 4.79 Å². The Bertz CT molecular complexity index is 849. The SMILES string of the molecule is CCOC(=O)Nc1ccc(C(=O)NCC(c2ccc(OC)cc2)N2CCOCC2)cc1. The van der Waals surface area contributed by atoms with Gasteiger partial charge in [0.1, 0.15) is 5.75 Å². The van der Waals surface area contributed by atoms with Crippen LogP contribution in [0.2, 0.25) is 0 Å². The minimum Gasteiger partial charge on any atom is -0.497 e. The molecular weight excluding hydrogens is 398 g/mol. The van der Waals surface area contributed by atoms with Crippen molar-refractivity contribution in [2.75, 3.05) is 51.9 Å². The van der Waals surface area contributed by atoms with E-state index < -0.39 is 6.09 Å². The van der Waals surface area contributed by atoms with Crippen molar-refractivity contribution in [2.45, 2.75) is 13.0 Å². The van der Waals surface area contributed by atoms with Crippen LogP contribution in [0.25, 0.3) is 0 Å². The third kappa shape index (κ3) is 6.44. The zero-order valence-electron chi connectivity index (χ0n) is 17.9. The maximum Gasteiger partial charge on any atom is 0.411 e. The molecule has 2 aromatic carbocycles. The van der Waals surface area contributed by atoms with Gasteiger partial charge in [0.05, 0.1) is 33.0 Å². The second-order valence-electron chi connectivity index (χ2n) is 7.07. The maximum absolute atomic E-state index is 12.7. The number of methoxy groups -OCH3 is 1. The molecule has 0 aromatic heterocycles. The molecule has 0 aliphatic carbocycles. The van der Waals surface area contributed by atoms with Crippen LogP contribution in [-0.2, 0) is 9.47 Å². The molecule has 166 valence electrons. The Morgan fingerprint density at radius 1 is 1.06 bits per heavy atom. The molecule has 2 aromatic rings. The van der Waals surface area contributed by atoms with Crippen molar-refractivity contribution in [3.05, 3.63) is 59.7 Å². The Morgan fingerprint density at radius 2 is 1.74 bits per heavy atom. The molecule has 2 N–H and O–H groups in total. The summed E-state index contributed by atoms with van der Waals surface area (Å²) in [5.74, 6) is 0.625. The summed E-state index contributed by atoms with van der Waals surface area (Å²) >= 11 is 0. The predicted octanol–water partition coefficient (Wildman–Crippen LogP) is 3.07. The second-order valence-corrected chi connectivity index (χ2v) is 7.07. The van der Waals surface area contributed by atoms with Gasteiger partial charge in [0.2, 0.25) is 0 Å². The summed E-state index contributed by atoms with van der Waals surface area (Å²) in [5, 5.41) is 5.65. The Balaban J connectivity index is 1.64. The monoisotopic (exact) mass is 427 g/mol. The lowest BCUT2D eigenvalue weighted by Gasteiger charge is -2.35. The molecule has 1 aliphatic rings. The van der Waals surface area contributed by atoms with Gasteiger partial charge in [-0.1, -0.05) is 12.1 Å². The average molecular weight is 428 g/mol. The fraction of sp³-hybridized carbons (Fsp3) is 0.391. The van der Waals surface area contributed by atoms with E-state index in [4.69, 9.17) is 14.2 Å². The number of rotatable bonds is 8. The molecule has 0 spiro atoms. The molecule has 1 fully saturated rings. The summed E-state index contributed by atoms with van der Waals surface area (Å²) in [6.45, 7) is 5.47. The highest BCUT2D eigenvalue weighted by Crippen LogP contribution is 2.24. The molecule has 0 radical (unpaired) electrons. The number of amides is 2. The smallest absolute Gasteiger partial charge is 0.411 e. The van der Waals surface area contributed by atoms with Crippen molar-refractivity contribution in [3.63, 3.8) is 0 Å². The highest BCUT2D eigenvalue weighted by Gasteiger charge is 2.23. The number of carbonyl (C=O) groups excluding carboxylic acids is 2. The first-order chi connectivity index (χ1) is 15.1. The molecule has 1 heterocycles. The predicted molar refractivity (Wildman–Crippen MR) is 118 cm³/mol. The highest BCUT2D eigenvalue weighted by atomic mass is 16.5. The van der Waals surface area contributed by atoms with Crippen molar-refractivity contribution in [2.24, 2.45) is 0 Å². The number of nitrogens with zero attached hydrogens (tertiary/aromatic N) is 1. The van der Waals surface area contributed by atoms with E-state index in [0.717, 1.165) is 24.4 Å². The number of morpholine rings is 1. The maximum atomic E-state index is 12.7. The number of hydrogen-bond donors (Lipinski definition) is 2. The van der Waals surface area contributed by atoms with E-state index in [1.165, 1.54) is 0 Å². The molecule has 1 saturated heterocycles. The van der Waals surface area contributed by atoms with Crippen LogP contribution >= 0.6 is 0 Å². The van der Waals surface area contributed by atoms with Crippen molar-refractivity contribution in [1.82, 2.24) is 10.2 Å². The zero-order chi connectivity index (χ0) is 22.1. The largest absolute Gasteiger partial charge is 0.497 e. The molecular formula is C23H29N3O5. The molecule has 8 heteroatoms. The van der Waals surface area contributed by atoms with Gasteiger partial charge in [0.25, 0.3) is 5.91 Å². The lowest BCUT2D eigenvalue weighted by atomic mass is 10.0. The summed E-state index contributed by atoms with van der Waals surface area (Å²) < 4.78 is 15.6. The number of anilines is 1. The standard InChI is InChI=1S/C23H29N3O5/c1-3-31-23(28)25-19-8-4-18(5-9-19)22(27)24-16-21(26-12-14-30-15-13-26)17-6-10-20(29-2)11-7-17/h4-11,21H,3,12-16H2,1-2H3,(H,24,27)(H,25,28). The van der Waals surface area contributed by atoms with Gasteiger partial charge in [0, 0.05) is 30.9 Å². The third-order valence-electron chi connectivity index (χ3n) is 5.11. The van der Waals surface area contributed by atoms with Crippen LogP contribution in [0, 0.1) is 0 Å². The van der Waals surface area contributed by atoms with Gasteiger partial charge in [-0.2, -0.15) is 0 Å². The van der Waals surface area contributed by atoms with E-state index in [2.05, 4.69) is 15.5 Å². The van der Waals surface area contributed by atoms with Crippen molar-refractivity contribution in [3.8, 4) is 5.75 Å². The molecule has 8 nitrogen and oxygen atoms in total. The minimum absolute atomic E-state index is 0.0310. The first-order valence-corrected chi connectivity index (χ1v) is 10.4. The van der Waals surface area contributed by atoms with Gasteiger partial charge < -0.3 is 19.5 Å². The van der Waals surface area contributed by atoms with Gasteiger partial charge in [-0.3, -0.25) is 15.0 Å². The third-order valence-corrected chi connectivity index (χ3v) is 5.11. The number of hydrogen-bond acceptors (Lipinski definition) is 6. The normalized spacial score (nSPS) is 15.0. The highest BCUT2D eigenvalue weighted by molar-refractivity contribution is 5.95. The van der Waals surface area contributed by atoms with Crippen LogP contribution in [0.15, 0.2) is 48.5 Å². The fourth-order valence-corrected chi connectivity index (χ4v) is 3.45. The van der Waals surface area contributed by atoms with E-state index in [9.17, 15) is 9.59 Å². The summed E-state index contributed by atoms with van der Waals surface area (Å²) in [7, 11) is 1.64. The zero-order valence-corrected chi connectivity index (χ0v) is 17.9. The van der Waals surface area contributed by atoms with Crippen LogP contribution in [0.1, 0.15) is 28.9 Å². The quantitative estimate of drug-likeness (QED) is 0.673. The molecule has 2 amide bonds. The molecule has 3 rings (SSSR count). The van der Waals surface area contributed by atoms with Gasteiger partial charge in [-0.05, 0) is 48.9 Å². The second kappa shape index (κ2) is 11.3. The lowest BCUT2D eigenvalue weighted by molar-refractivity contribution is 0.0162. The molecule has 0 saturated carbocycles. The molecule has 31 heavy (non-hydrogen) atoms. The lowest BCUT2D eigenvalue weighted by Crippen LogP contribution is -2.43.